The molecule has 20 heavy (non-hydrogen) atoms. The van der Waals surface area contributed by atoms with Crippen molar-refractivity contribution in [3.8, 4) is 0 Å². The summed E-state index contributed by atoms with van der Waals surface area (Å²) < 4.78 is 0. The number of hydrogen-bond acceptors (Lipinski definition) is 1. The van der Waals surface area contributed by atoms with Crippen LogP contribution in [-0.4, -0.2) is 13.5 Å². The van der Waals surface area contributed by atoms with E-state index in [9.17, 15) is 4.79 Å². The SMILES string of the molecule is C[Si](C)(C(=O)CCCc1ccccc1)c1ccccc1. The minimum Gasteiger partial charge on any atom is -0.305 e. The molecule has 1 nitrogen and oxygen atoms in total. The Balaban J connectivity index is 1.91. The standard InChI is InChI=1S/C18H22OSi/c1-20(2,17-13-7-4-8-14-17)18(19)15-9-12-16-10-5-3-6-11-16/h3-8,10-11,13-14H,9,12,15H2,1-2H3. The Kier molecular flexibility index (Phi) is 4.91. The first kappa shape index (κ1) is 14.7. The van der Waals surface area contributed by atoms with Crippen LogP contribution in [0.1, 0.15) is 18.4 Å². The average Bonchev–Trinajstić information content (AvgIpc) is 2.49. The van der Waals surface area contributed by atoms with Crippen LogP contribution in [0.15, 0.2) is 60.7 Å². The Morgan fingerprint density at radius 3 is 2.05 bits per heavy atom. The molecule has 0 N–H and O–H groups in total. The third kappa shape index (κ3) is 3.67. The predicted octanol–water partition coefficient (Wildman–Crippen LogP) is 3.73. The number of carbonyl (C=O) groups is 1. The molecule has 0 saturated carbocycles. The maximum absolute atomic E-state index is 12.5. The van der Waals surface area contributed by atoms with E-state index in [1.165, 1.54) is 10.8 Å². The number of benzene rings is 2. The molecular formula is C18H22OSi. The maximum atomic E-state index is 12.5. The van der Waals surface area contributed by atoms with E-state index in [0.717, 1.165) is 12.8 Å². The van der Waals surface area contributed by atoms with E-state index in [1.807, 2.05) is 24.3 Å². The summed E-state index contributed by atoms with van der Waals surface area (Å²) in [6.07, 6.45) is 2.64. The second-order valence-corrected chi connectivity index (χ2v) is 10.1. The van der Waals surface area contributed by atoms with Gasteiger partial charge in [0, 0.05) is 6.42 Å². The monoisotopic (exact) mass is 282 g/mol. The lowest BCUT2D eigenvalue weighted by atomic mass is 10.1. The van der Waals surface area contributed by atoms with Crippen molar-refractivity contribution in [1.29, 1.82) is 0 Å². The smallest absolute Gasteiger partial charge is 0.157 e. The van der Waals surface area contributed by atoms with Gasteiger partial charge in [-0.3, -0.25) is 0 Å². The third-order valence-corrected chi connectivity index (χ3v) is 7.33. The third-order valence-electron chi connectivity index (χ3n) is 3.90. The van der Waals surface area contributed by atoms with Gasteiger partial charge in [-0.15, -0.1) is 0 Å². The van der Waals surface area contributed by atoms with Gasteiger partial charge in [0.2, 0.25) is 0 Å². The van der Waals surface area contributed by atoms with Crippen LogP contribution in [0.25, 0.3) is 0 Å². The van der Waals surface area contributed by atoms with E-state index >= 15 is 0 Å². The summed E-state index contributed by atoms with van der Waals surface area (Å²) in [7, 11) is -1.96. The van der Waals surface area contributed by atoms with Crippen LogP contribution in [0.4, 0.5) is 0 Å². The molecule has 0 fully saturated rings. The van der Waals surface area contributed by atoms with Crippen molar-refractivity contribution in [2.45, 2.75) is 32.4 Å². The highest BCUT2D eigenvalue weighted by molar-refractivity contribution is 7.13. The van der Waals surface area contributed by atoms with Gasteiger partial charge in [0.05, 0.1) is 0 Å². The molecule has 0 heterocycles. The fourth-order valence-electron chi connectivity index (χ4n) is 2.43. The number of carbonyl (C=O) groups excluding carboxylic acids is 1. The van der Waals surface area contributed by atoms with E-state index < -0.39 is 8.07 Å². The van der Waals surface area contributed by atoms with E-state index in [1.54, 1.807) is 0 Å². The van der Waals surface area contributed by atoms with Crippen molar-refractivity contribution in [3.63, 3.8) is 0 Å². The number of hydrogen-bond donors (Lipinski definition) is 0. The van der Waals surface area contributed by atoms with Crippen LogP contribution in [0, 0.1) is 0 Å². The molecular weight excluding hydrogens is 260 g/mol. The van der Waals surface area contributed by atoms with E-state index in [4.69, 9.17) is 0 Å². The average molecular weight is 282 g/mol. The van der Waals surface area contributed by atoms with Crippen LogP contribution in [0.5, 0.6) is 0 Å². The van der Waals surface area contributed by atoms with Crippen LogP contribution in [0.3, 0.4) is 0 Å². The van der Waals surface area contributed by atoms with Crippen LogP contribution < -0.4 is 5.19 Å². The minimum absolute atomic E-state index is 0.458. The molecule has 2 aromatic carbocycles. The number of aryl methyl sites for hydroxylation is 1. The highest BCUT2D eigenvalue weighted by Gasteiger charge is 2.31. The molecule has 104 valence electrons. The first-order valence-electron chi connectivity index (χ1n) is 7.23. The molecule has 0 aliphatic carbocycles. The highest BCUT2D eigenvalue weighted by atomic mass is 28.3. The summed E-state index contributed by atoms with van der Waals surface area (Å²) in [5.41, 5.74) is 1.32. The normalized spacial score (nSPS) is 11.3. The van der Waals surface area contributed by atoms with E-state index in [0.29, 0.717) is 11.8 Å². The van der Waals surface area contributed by atoms with Crippen molar-refractivity contribution in [3.05, 3.63) is 66.2 Å². The zero-order valence-corrected chi connectivity index (χ0v) is 13.3. The quantitative estimate of drug-likeness (QED) is 0.738. The Morgan fingerprint density at radius 1 is 0.900 bits per heavy atom. The Labute approximate surface area is 122 Å². The van der Waals surface area contributed by atoms with E-state index in [2.05, 4.69) is 49.5 Å². The summed E-state index contributed by atoms with van der Waals surface area (Å²) in [4.78, 5) is 12.5. The van der Waals surface area contributed by atoms with Crippen molar-refractivity contribution in [2.24, 2.45) is 0 Å². The summed E-state index contributed by atoms with van der Waals surface area (Å²) in [5, 5.41) is 1.70. The Bertz CT molecular complexity index is 546. The van der Waals surface area contributed by atoms with Gasteiger partial charge in [-0.1, -0.05) is 78.9 Å². The lowest BCUT2D eigenvalue weighted by Crippen LogP contribution is -2.49. The van der Waals surface area contributed by atoms with Crippen LogP contribution in [-0.2, 0) is 11.2 Å². The lowest BCUT2D eigenvalue weighted by Gasteiger charge is -2.21. The van der Waals surface area contributed by atoms with Crippen LogP contribution >= 0.6 is 0 Å². The Morgan fingerprint density at radius 2 is 1.45 bits per heavy atom. The molecule has 0 amide bonds. The fourth-order valence-corrected chi connectivity index (χ4v) is 4.58. The largest absolute Gasteiger partial charge is 0.305 e. The van der Waals surface area contributed by atoms with Crippen molar-refractivity contribution >= 4 is 18.7 Å². The first-order valence-corrected chi connectivity index (χ1v) is 10.2. The van der Waals surface area contributed by atoms with Crippen molar-refractivity contribution in [1.82, 2.24) is 0 Å². The predicted molar refractivity (Wildman–Crippen MR) is 87.9 cm³/mol. The molecule has 0 radical (unpaired) electrons. The van der Waals surface area contributed by atoms with Gasteiger partial charge in [-0.05, 0) is 18.4 Å². The molecule has 2 heteroatoms. The zero-order valence-electron chi connectivity index (χ0n) is 12.3. The molecule has 2 rings (SSSR count). The van der Waals surface area contributed by atoms with Crippen molar-refractivity contribution in [2.75, 3.05) is 0 Å². The summed E-state index contributed by atoms with van der Waals surface area (Å²) >= 11 is 0. The molecule has 0 bridgehead atoms. The highest BCUT2D eigenvalue weighted by Crippen LogP contribution is 2.11. The zero-order chi connectivity index (χ0) is 14.4. The minimum atomic E-state index is -1.96. The van der Waals surface area contributed by atoms with Gasteiger partial charge in [0.15, 0.2) is 8.07 Å². The number of rotatable bonds is 6. The topological polar surface area (TPSA) is 17.1 Å². The van der Waals surface area contributed by atoms with E-state index in [-0.39, 0.29) is 0 Å². The van der Waals surface area contributed by atoms with Gasteiger partial charge in [-0.25, -0.2) is 0 Å². The molecule has 0 spiro atoms. The Hall–Kier alpha value is -1.67. The maximum Gasteiger partial charge on any atom is 0.157 e. The molecule has 0 aliphatic rings. The lowest BCUT2D eigenvalue weighted by molar-refractivity contribution is -0.112. The molecule has 0 atom stereocenters. The molecule has 0 saturated heterocycles. The molecule has 0 unspecified atom stereocenters. The molecule has 0 aromatic heterocycles. The second-order valence-electron chi connectivity index (χ2n) is 5.75. The van der Waals surface area contributed by atoms with Crippen LogP contribution in [0.2, 0.25) is 13.1 Å². The van der Waals surface area contributed by atoms with Crippen molar-refractivity contribution < 1.29 is 4.79 Å². The molecule has 2 aromatic rings. The fraction of sp³-hybridized carbons (Fsp3) is 0.278. The summed E-state index contributed by atoms with van der Waals surface area (Å²) in [6.45, 7) is 4.32. The van der Waals surface area contributed by atoms with Gasteiger partial charge in [0.1, 0.15) is 5.41 Å². The van der Waals surface area contributed by atoms with Gasteiger partial charge in [-0.2, -0.15) is 0 Å². The molecule has 0 aliphatic heterocycles. The van der Waals surface area contributed by atoms with Gasteiger partial charge in [0.25, 0.3) is 0 Å². The van der Waals surface area contributed by atoms with Gasteiger partial charge < -0.3 is 4.79 Å². The first-order chi connectivity index (χ1) is 9.60. The van der Waals surface area contributed by atoms with Gasteiger partial charge >= 0.3 is 0 Å². The second kappa shape index (κ2) is 6.66. The summed E-state index contributed by atoms with van der Waals surface area (Å²) in [6, 6.07) is 20.7. The summed E-state index contributed by atoms with van der Waals surface area (Å²) in [5.74, 6) is 0.